The van der Waals surface area contributed by atoms with Crippen LogP contribution in [0.4, 0.5) is 0 Å². The highest BCUT2D eigenvalue weighted by Gasteiger charge is 2.27. The first-order valence-electron chi connectivity index (χ1n) is 9.72. The van der Waals surface area contributed by atoms with Crippen LogP contribution in [0.1, 0.15) is 21.5 Å². The molecule has 3 aromatic carbocycles. The summed E-state index contributed by atoms with van der Waals surface area (Å²) in [6, 6.07) is 15.7. The maximum Gasteiger partial charge on any atom is 0.257 e. The van der Waals surface area contributed by atoms with Gasteiger partial charge < -0.3 is 19.1 Å². The summed E-state index contributed by atoms with van der Waals surface area (Å²) in [6.45, 7) is 4.25. The summed E-state index contributed by atoms with van der Waals surface area (Å²) in [7, 11) is 6.61. The van der Waals surface area contributed by atoms with E-state index >= 15 is 0 Å². The quantitative estimate of drug-likeness (QED) is 0.502. The zero-order chi connectivity index (χ0) is 21.7. The molecule has 0 bridgehead atoms. The molecule has 3 aromatic rings. The maximum atomic E-state index is 13.1. The number of benzene rings is 3. The van der Waals surface area contributed by atoms with Crippen LogP contribution >= 0.6 is 0 Å². The summed E-state index contributed by atoms with van der Waals surface area (Å²) < 4.78 is 17.7. The van der Waals surface area contributed by atoms with Crippen LogP contribution < -0.4 is 14.2 Å². The minimum Gasteiger partial charge on any atom is -0.496 e. The van der Waals surface area contributed by atoms with Crippen molar-refractivity contribution in [3.8, 4) is 17.2 Å². The van der Waals surface area contributed by atoms with Crippen LogP contribution in [-0.2, 0) is 13.0 Å². The molecule has 3 rings (SSSR count). The number of amides is 1. The monoisotopic (exact) mass is 405 g/mol. The molecule has 0 aromatic heterocycles. The Hall–Kier alpha value is -3.47. The highest BCUT2D eigenvalue weighted by molar-refractivity contribution is 6.09. The normalized spacial score (nSPS) is 10.5. The van der Waals surface area contributed by atoms with Gasteiger partial charge in [-0.15, -0.1) is 6.58 Å². The molecule has 156 valence electrons. The van der Waals surface area contributed by atoms with Gasteiger partial charge in [0, 0.05) is 25.0 Å². The van der Waals surface area contributed by atoms with Crippen LogP contribution in [0.5, 0.6) is 17.2 Å². The predicted molar refractivity (Wildman–Crippen MR) is 120 cm³/mol. The smallest absolute Gasteiger partial charge is 0.257 e. The van der Waals surface area contributed by atoms with E-state index in [0.717, 1.165) is 16.5 Å². The fraction of sp³-hybridized carbons (Fsp3) is 0.240. The van der Waals surface area contributed by atoms with Crippen molar-refractivity contribution in [3.05, 3.63) is 77.9 Å². The Labute approximate surface area is 177 Å². The van der Waals surface area contributed by atoms with E-state index in [2.05, 4.69) is 6.58 Å². The Balaban J connectivity index is 2.28. The minimum atomic E-state index is -0.165. The fourth-order valence-corrected chi connectivity index (χ4v) is 3.57. The van der Waals surface area contributed by atoms with Gasteiger partial charge in [-0.05, 0) is 18.1 Å². The van der Waals surface area contributed by atoms with Gasteiger partial charge in [-0.3, -0.25) is 4.79 Å². The van der Waals surface area contributed by atoms with Crippen molar-refractivity contribution in [2.24, 2.45) is 0 Å². The summed E-state index contributed by atoms with van der Waals surface area (Å²) in [5, 5.41) is 1.54. The first-order chi connectivity index (χ1) is 14.5. The maximum absolute atomic E-state index is 13.1. The lowest BCUT2D eigenvalue weighted by atomic mass is 9.94. The van der Waals surface area contributed by atoms with Crippen LogP contribution in [-0.4, -0.2) is 39.1 Å². The summed E-state index contributed by atoms with van der Waals surface area (Å²) in [5.74, 6) is 1.57. The van der Waals surface area contributed by atoms with E-state index in [0.29, 0.717) is 41.2 Å². The van der Waals surface area contributed by atoms with Crippen LogP contribution in [0.2, 0.25) is 0 Å². The van der Waals surface area contributed by atoms with E-state index in [1.54, 1.807) is 34.4 Å². The number of nitrogens with zero attached hydrogens (tertiary/aromatic N) is 1. The molecule has 0 unspecified atom stereocenters. The number of hydrogen-bond donors (Lipinski definition) is 0. The topological polar surface area (TPSA) is 48.0 Å². The second kappa shape index (κ2) is 9.35. The van der Waals surface area contributed by atoms with Gasteiger partial charge in [0.15, 0.2) is 0 Å². The van der Waals surface area contributed by atoms with E-state index in [4.69, 9.17) is 14.2 Å². The first-order valence-corrected chi connectivity index (χ1v) is 9.72. The van der Waals surface area contributed by atoms with E-state index < -0.39 is 0 Å². The van der Waals surface area contributed by atoms with Crippen LogP contribution in [0.3, 0.4) is 0 Å². The molecule has 0 aliphatic rings. The van der Waals surface area contributed by atoms with Gasteiger partial charge in [0.25, 0.3) is 5.91 Å². The van der Waals surface area contributed by atoms with E-state index in [-0.39, 0.29) is 5.91 Å². The summed E-state index contributed by atoms with van der Waals surface area (Å²) >= 11 is 0. The standard InChI is InChI=1S/C25H27NO4/c1-6-11-18-22(25(27)26(2)3)24(29-5)21-19(23(18)28-4)14-10-15-20(21)30-16-17-12-8-7-9-13-17/h6-10,12-15H,1,11,16H2,2-5H3. The second-order valence-electron chi connectivity index (χ2n) is 7.07. The Kier molecular flexibility index (Phi) is 6.62. The number of carbonyl (C=O) groups is 1. The number of methoxy groups -OCH3 is 2. The van der Waals surface area contributed by atoms with Crippen molar-refractivity contribution < 1.29 is 19.0 Å². The van der Waals surface area contributed by atoms with Crippen LogP contribution in [0.25, 0.3) is 10.8 Å². The Morgan fingerprint density at radius 1 is 1.00 bits per heavy atom. The second-order valence-corrected chi connectivity index (χ2v) is 7.07. The lowest BCUT2D eigenvalue weighted by Crippen LogP contribution is -2.24. The number of rotatable bonds is 8. The molecule has 30 heavy (non-hydrogen) atoms. The third-order valence-electron chi connectivity index (χ3n) is 4.91. The van der Waals surface area contributed by atoms with Gasteiger partial charge >= 0.3 is 0 Å². The Morgan fingerprint density at radius 3 is 2.30 bits per heavy atom. The number of allylic oxidation sites excluding steroid dienone is 1. The van der Waals surface area contributed by atoms with Crippen molar-refractivity contribution in [1.82, 2.24) is 4.90 Å². The molecule has 0 radical (unpaired) electrons. The number of carbonyl (C=O) groups excluding carboxylic acids is 1. The Bertz CT molecular complexity index is 1060. The third-order valence-corrected chi connectivity index (χ3v) is 4.91. The van der Waals surface area contributed by atoms with Crippen molar-refractivity contribution in [3.63, 3.8) is 0 Å². The molecule has 0 aliphatic heterocycles. The molecule has 0 saturated heterocycles. The van der Waals surface area contributed by atoms with Gasteiger partial charge in [0.2, 0.25) is 0 Å². The molecule has 0 heterocycles. The molecule has 0 fully saturated rings. The summed E-state index contributed by atoms with van der Waals surface area (Å²) in [6.07, 6.45) is 2.23. The molecule has 0 spiro atoms. The Morgan fingerprint density at radius 2 is 1.70 bits per heavy atom. The minimum absolute atomic E-state index is 0.165. The molecule has 5 nitrogen and oxygen atoms in total. The summed E-state index contributed by atoms with van der Waals surface area (Å²) in [5.41, 5.74) is 2.26. The zero-order valence-corrected chi connectivity index (χ0v) is 17.9. The summed E-state index contributed by atoms with van der Waals surface area (Å²) in [4.78, 5) is 14.7. The van der Waals surface area contributed by atoms with Crippen LogP contribution in [0.15, 0.2) is 61.2 Å². The zero-order valence-electron chi connectivity index (χ0n) is 17.9. The van der Waals surface area contributed by atoms with Crippen molar-refractivity contribution in [2.75, 3.05) is 28.3 Å². The third kappa shape index (κ3) is 3.96. The van der Waals surface area contributed by atoms with Crippen molar-refractivity contribution in [1.29, 1.82) is 0 Å². The van der Waals surface area contributed by atoms with Crippen molar-refractivity contribution >= 4 is 16.7 Å². The average molecular weight is 405 g/mol. The molecule has 0 aliphatic carbocycles. The first kappa shape index (κ1) is 21.2. The predicted octanol–water partition coefficient (Wildman–Crippen LogP) is 4.87. The molecule has 0 atom stereocenters. The molecular formula is C25H27NO4. The number of ether oxygens (including phenoxy) is 3. The fourth-order valence-electron chi connectivity index (χ4n) is 3.57. The van der Waals surface area contributed by atoms with Gasteiger partial charge in [0.1, 0.15) is 23.9 Å². The molecule has 1 amide bonds. The highest BCUT2D eigenvalue weighted by atomic mass is 16.5. The largest absolute Gasteiger partial charge is 0.496 e. The average Bonchev–Trinajstić information content (AvgIpc) is 2.77. The number of fused-ring (bicyclic) bond motifs is 1. The molecule has 5 heteroatoms. The van der Waals surface area contributed by atoms with Gasteiger partial charge in [-0.2, -0.15) is 0 Å². The van der Waals surface area contributed by atoms with E-state index in [9.17, 15) is 4.79 Å². The lowest BCUT2D eigenvalue weighted by molar-refractivity contribution is 0.0823. The van der Waals surface area contributed by atoms with Crippen LogP contribution in [0, 0.1) is 0 Å². The van der Waals surface area contributed by atoms with Gasteiger partial charge in [0.05, 0.1) is 25.2 Å². The number of hydrogen-bond acceptors (Lipinski definition) is 4. The van der Waals surface area contributed by atoms with Gasteiger partial charge in [-0.25, -0.2) is 0 Å². The van der Waals surface area contributed by atoms with E-state index in [1.807, 2.05) is 48.5 Å². The molecule has 0 N–H and O–H groups in total. The lowest BCUT2D eigenvalue weighted by Gasteiger charge is -2.23. The van der Waals surface area contributed by atoms with E-state index in [1.165, 1.54) is 4.90 Å². The highest BCUT2D eigenvalue weighted by Crippen LogP contribution is 2.45. The molecular weight excluding hydrogens is 378 g/mol. The molecule has 0 saturated carbocycles. The SMILES string of the molecule is C=CCc1c(C(=O)N(C)C)c(OC)c2c(OCc3ccccc3)cccc2c1OC. The van der Waals surface area contributed by atoms with Crippen molar-refractivity contribution in [2.45, 2.75) is 13.0 Å². The van der Waals surface area contributed by atoms with Gasteiger partial charge in [-0.1, -0.05) is 48.5 Å².